The number of nitrogens with zero attached hydrogens (tertiary/aromatic N) is 5. The maximum atomic E-state index is 5.44. The molecule has 0 aliphatic rings. The Morgan fingerprint density at radius 3 is 2.60 bits per heavy atom. The summed E-state index contributed by atoms with van der Waals surface area (Å²) in [5.41, 5.74) is 1.77. The second-order valence-electron chi connectivity index (χ2n) is 6.28. The van der Waals surface area contributed by atoms with E-state index in [4.69, 9.17) is 14.0 Å². The van der Waals surface area contributed by atoms with Crippen LogP contribution in [0.15, 0.2) is 58.2 Å². The van der Waals surface area contributed by atoms with Gasteiger partial charge < -0.3 is 18.6 Å². The first-order valence-electron chi connectivity index (χ1n) is 9.40. The number of thioether (sulfide) groups is 1. The number of benzene rings is 2. The summed E-state index contributed by atoms with van der Waals surface area (Å²) in [5, 5.41) is 13.6. The van der Waals surface area contributed by atoms with E-state index in [1.165, 1.54) is 11.8 Å². The smallest absolute Gasteiger partial charge is 0.237 e. The number of rotatable bonds is 8. The number of hydrogen-bond donors (Lipinski definition) is 0. The highest BCUT2D eigenvalue weighted by Gasteiger charge is 2.17. The molecule has 0 atom stereocenters. The first-order chi connectivity index (χ1) is 14.7. The molecule has 0 bridgehead atoms. The van der Waals surface area contributed by atoms with Crippen LogP contribution in [0.3, 0.4) is 0 Å². The van der Waals surface area contributed by atoms with Gasteiger partial charge in [0, 0.05) is 18.2 Å². The Bertz CT molecular complexity index is 1130. The normalized spacial score (nSPS) is 10.9. The zero-order valence-electron chi connectivity index (χ0n) is 16.9. The molecule has 0 unspecified atom stereocenters. The van der Waals surface area contributed by atoms with Crippen LogP contribution in [0.5, 0.6) is 11.5 Å². The zero-order valence-corrected chi connectivity index (χ0v) is 17.7. The quantitative estimate of drug-likeness (QED) is 0.387. The van der Waals surface area contributed by atoms with Crippen LogP contribution < -0.4 is 9.47 Å². The summed E-state index contributed by atoms with van der Waals surface area (Å²) < 4.78 is 18.2. The van der Waals surface area contributed by atoms with Gasteiger partial charge >= 0.3 is 0 Å². The Balaban J connectivity index is 1.51. The fraction of sp³-hybridized carbons (Fsp3) is 0.238. The molecule has 0 amide bonds. The molecular formula is C21H21N5O3S. The van der Waals surface area contributed by atoms with Gasteiger partial charge in [-0.1, -0.05) is 47.3 Å². The van der Waals surface area contributed by atoms with Crippen molar-refractivity contribution in [3.63, 3.8) is 0 Å². The molecule has 4 aromatic rings. The SMILES string of the molecule is CCn1c(SCc2nc(-c3ccc(OC)cc3OC)no2)nnc1-c1ccccc1. The number of aromatic nitrogens is 5. The van der Waals surface area contributed by atoms with Crippen molar-refractivity contribution in [1.82, 2.24) is 24.9 Å². The van der Waals surface area contributed by atoms with Crippen molar-refractivity contribution in [1.29, 1.82) is 0 Å². The van der Waals surface area contributed by atoms with E-state index < -0.39 is 0 Å². The van der Waals surface area contributed by atoms with Crippen molar-refractivity contribution in [3.05, 3.63) is 54.4 Å². The molecule has 9 heteroatoms. The Morgan fingerprint density at radius 2 is 1.87 bits per heavy atom. The van der Waals surface area contributed by atoms with Crippen LogP contribution in [0.1, 0.15) is 12.8 Å². The molecule has 2 heterocycles. The second kappa shape index (κ2) is 9.00. The third kappa shape index (κ3) is 4.02. The Labute approximate surface area is 178 Å². The molecule has 8 nitrogen and oxygen atoms in total. The summed E-state index contributed by atoms with van der Waals surface area (Å²) in [5.74, 6) is 3.61. The van der Waals surface area contributed by atoms with Gasteiger partial charge in [-0.3, -0.25) is 0 Å². The van der Waals surface area contributed by atoms with Gasteiger partial charge in [0.2, 0.25) is 11.7 Å². The van der Waals surface area contributed by atoms with Crippen LogP contribution in [0, 0.1) is 0 Å². The molecule has 0 radical (unpaired) electrons. The fourth-order valence-electron chi connectivity index (χ4n) is 3.01. The molecule has 2 aromatic heterocycles. The molecule has 0 N–H and O–H groups in total. The van der Waals surface area contributed by atoms with Crippen molar-refractivity contribution >= 4 is 11.8 Å². The standard InChI is InChI=1S/C21H21N5O3S/c1-4-26-20(14-8-6-5-7-9-14)23-24-21(26)30-13-18-22-19(25-29-18)16-11-10-15(27-2)12-17(16)28-3/h5-12H,4,13H2,1-3H3. The van der Waals surface area contributed by atoms with E-state index >= 15 is 0 Å². The van der Waals surface area contributed by atoms with E-state index in [9.17, 15) is 0 Å². The van der Waals surface area contributed by atoms with Crippen molar-refractivity contribution in [2.45, 2.75) is 24.4 Å². The summed E-state index contributed by atoms with van der Waals surface area (Å²) in [7, 11) is 3.20. The Kier molecular flexibility index (Phi) is 5.99. The molecule has 0 fully saturated rings. The van der Waals surface area contributed by atoms with Crippen LogP contribution in [0.4, 0.5) is 0 Å². The molecule has 0 saturated heterocycles. The zero-order chi connectivity index (χ0) is 20.9. The highest BCUT2D eigenvalue weighted by molar-refractivity contribution is 7.98. The van der Waals surface area contributed by atoms with Gasteiger partial charge in [0.05, 0.1) is 25.5 Å². The van der Waals surface area contributed by atoms with E-state index in [1.807, 2.05) is 42.5 Å². The third-order valence-electron chi connectivity index (χ3n) is 4.51. The predicted molar refractivity (Wildman–Crippen MR) is 114 cm³/mol. The lowest BCUT2D eigenvalue weighted by Crippen LogP contribution is -1.99. The second-order valence-corrected chi connectivity index (χ2v) is 7.23. The number of hydrogen-bond acceptors (Lipinski definition) is 8. The van der Waals surface area contributed by atoms with Gasteiger partial charge in [0.1, 0.15) is 11.5 Å². The summed E-state index contributed by atoms with van der Waals surface area (Å²) in [6.07, 6.45) is 0. The monoisotopic (exact) mass is 423 g/mol. The summed E-state index contributed by atoms with van der Waals surface area (Å²) >= 11 is 1.51. The van der Waals surface area contributed by atoms with E-state index in [2.05, 4.69) is 31.8 Å². The van der Waals surface area contributed by atoms with Gasteiger partial charge in [0.25, 0.3) is 0 Å². The minimum atomic E-state index is 0.465. The Hall–Kier alpha value is -3.33. The van der Waals surface area contributed by atoms with Gasteiger partial charge in [0.15, 0.2) is 11.0 Å². The third-order valence-corrected chi connectivity index (χ3v) is 5.46. The van der Waals surface area contributed by atoms with Crippen molar-refractivity contribution in [3.8, 4) is 34.3 Å². The number of methoxy groups -OCH3 is 2. The van der Waals surface area contributed by atoms with E-state index in [0.29, 0.717) is 29.0 Å². The van der Waals surface area contributed by atoms with Crippen LogP contribution in [0.2, 0.25) is 0 Å². The molecule has 0 aliphatic carbocycles. The summed E-state index contributed by atoms with van der Waals surface area (Å²) in [6.45, 7) is 2.83. The number of ether oxygens (including phenoxy) is 2. The molecule has 2 aromatic carbocycles. The molecular weight excluding hydrogens is 402 g/mol. The largest absolute Gasteiger partial charge is 0.497 e. The lowest BCUT2D eigenvalue weighted by molar-refractivity contribution is 0.388. The van der Waals surface area contributed by atoms with Crippen LogP contribution in [0.25, 0.3) is 22.8 Å². The minimum absolute atomic E-state index is 0.465. The fourth-order valence-corrected chi connectivity index (χ4v) is 3.85. The van der Waals surface area contributed by atoms with E-state index in [-0.39, 0.29) is 0 Å². The molecule has 30 heavy (non-hydrogen) atoms. The maximum Gasteiger partial charge on any atom is 0.237 e. The van der Waals surface area contributed by atoms with Crippen LogP contribution in [-0.2, 0) is 12.3 Å². The van der Waals surface area contributed by atoms with Gasteiger partial charge in [-0.2, -0.15) is 4.98 Å². The van der Waals surface area contributed by atoms with Gasteiger partial charge in [-0.15, -0.1) is 10.2 Å². The molecule has 0 saturated carbocycles. The molecule has 154 valence electrons. The Morgan fingerprint density at radius 1 is 1.03 bits per heavy atom. The van der Waals surface area contributed by atoms with Gasteiger partial charge in [-0.05, 0) is 19.1 Å². The average molecular weight is 423 g/mol. The summed E-state index contributed by atoms with van der Waals surface area (Å²) in [6, 6.07) is 15.5. The van der Waals surface area contributed by atoms with Gasteiger partial charge in [-0.25, -0.2) is 0 Å². The van der Waals surface area contributed by atoms with E-state index in [0.717, 1.165) is 28.7 Å². The average Bonchev–Trinajstić information content (AvgIpc) is 3.44. The van der Waals surface area contributed by atoms with Crippen LogP contribution >= 0.6 is 11.8 Å². The topological polar surface area (TPSA) is 88.1 Å². The summed E-state index contributed by atoms with van der Waals surface area (Å²) in [4.78, 5) is 4.50. The minimum Gasteiger partial charge on any atom is -0.497 e. The first-order valence-corrected chi connectivity index (χ1v) is 10.4. The van der Waals surface area contributed by atoms with Crippen LogP contribution in [-0.4, -0.2) is 39.1 Å². The first kappa shape index (κ1) is 20.0. The van der Waals surface area contributed by atoms with Crippen molar-refractivity contribution in [2.75, 3.05) is 14.2 Å². The predicted octanol–water partition coefficient (Wildman–Crippen LogP) is 4.32. The lowest BCUT2D eigenvalue weighted by Gasteiger charge is -2.07. The van der Waals surface area contributed by atoms with Crippen molar-refractivity contribution in [2.24, 2.45) is 0 Å². The van der Waals surface area contributed by atoms with E-state index in [1.54, 1.807) is 20.3 Å². The molecule has 4 rings (SSSR count). The molecule has 0 spiro atoms. The molecule has 0 aliphatic heterocycles. The maximum absolute atomic E-state index is 5.44. The highest BCUT2D eigenvalue weighted by atomic mass is 32.2. The van der Waals surface area contributed by atoms with Crippen molar-refractivity contribution < 1.29 is 14.0 Å². The lowest BCUT2D eigenvalue weighted by atomic mass is 10.2. The highest BCUT2D eigenvalue weighted by Crippen LogP contribution is 2.32.